The van der Waals surface area contributed by atoms with Crippen LogP contribution in [0.25, 0.3) is 0 Å². The van der Waals surface area contributed by atoms with Crippen LogP contribution in [0.5, 0.6) is 0 Å². The first kappa shape index (κ1) is 12.6. The molecule has 2 rings (SSSR count). The maximum atomic E-state index is 4.44. The Balaban J connectivity index is 2.02. The molecule has 4 nitrogen and oxygen atoms in total. The summed E-state index contributed by atoms with van der Waals surface area (Å²) in [5.41, 5.74) is 4.35. The number of nitrogens with zero attached hydrogens (tertiary/aromatic N) is 3. The number of pyridine rings is 1. The average molecular weight is 244 g/mol. The molecule has 0 saturated heterocycles. The topological polar surface area (TPSA) is 42.7 Å². The molecule has 0 fully saturated rings. The van der Waals surface area contributed by atoms with E-state index in [4.69, 9.17) is 0 Å². The van der Waals surface area contributed by atoms with Gasteiger partial charge in [0.05, 0.1) is 17.6 Å². The van der Waals surface area contributed by atoms with E-state index >= 15 is 0 Å². The first-order valence-corrected chi connectivity index (χ1v) is 6.27. The summed E-state index contributed by atoms with van der Waals surface area (Å²) in [4.78, 5) is 4.44. The molecule has 0 aliphatic heterocycles. The zero-order valence-corrected chi connectivity index (χ0v) is 11.4. The van der Waals surface area contributed by atoms with Gasteiger partial charge in [0.15, 0.2) is 0 Å². The third-order valence-corrected chi connectivity index (χ3v) is 2.89. The van der Waals surface area contributed by atoms with Crippen molar-refractivity contribution in [1.82, 2.24) is 14.8 Å². The second kappa shape index (κ2) is 5.21. The number of aromatic nitrogens is 3. The molecule has 0 spiro atoms. The van der Waals surface area contributed by atoms with Crippen molar-refractivity contribution in [2.75, 3.05) is 5.32 Å². The SMILES string of the molecule is Cc1ccc(NCc2cnn(C(C)C)c2)c(C)n1. The van der Waals surface area contributed by atoms with E-state index in [1.807, 2.05) is 30.8 Å². The molecule has 0 bridgehead atoms. The number of anilines is 1. The number of hydrogen-bond donors (Lipinski definition) is 1. The van der Waals surface area contributed by atoms with Gasteiger partial charge < -0.3 is 5.32 Å². The molecule has 4 heteroatoms. The lowest BCUT2D eigenvalue weighted by atomic mass is 10.2. The maximum absolute atomic E-state index is 4.44. The van der Waals surface area contributed by atoms with Crippen molar-refractivity contribution in [3.8, 4) is 0 Å². The molecule has 0 saturated carbocycles. The highest BCUT2D eigenvalue weighted by atomic mass is 15.3. The molecule has 0 amide bonds. The van der Waals surface area contributed by atoms with Crippen LogP contribution in [0.1, 0.15) is 36.8 Å². The van der Waals surface area contributed by atoms with Crippen LogP contribution in [0.4, 0.5) is 5.69 Å². The molecule has 18 heavy (non-hydrogen) atoms. The van der Waals surface area contributed by atoms with Crippen LogP contribution in [0, 0.1) is 13.8 Å². The number of rotatable bonds is 4. The van der Waals surface area contributed by atoms with E-state index in [2.05, 4.69) is 41.5 Å². The van der Waals surface area contributed by atoms with E-state index < -0.39 is 0 Å². The van der Waals surface area contributed by atoms with Gasteiger partial charge in [-0.15, -0.1) is 0 Å². The Kier molecular flexibility index (Phi) is 3.65. The summed E-state index contributed by atoms with van der Waals surface area (Å²) in [7, 11) is 0. The van der Waals surface area contributed by atoms with Gasteiger partial charge in [-0.2, -0.15) is 5.10 Å². The van der Waals surface area contributed by atoms with Crippen LogP contribution in [-0.4, -0.2) is 14.8 Å². The van der Waals surface area contributed by atoms with Crippen LogP contribution < -0.4 is 5.32 Å². The molecule has 0 radical (unpaired) electrons. The standard InChI is InChI=1S/C14H20N4/c1-10(2)18-9-13(8-16-18)7-15-14-6-5-11(3)17-12(14)4/h5-6,8-10,15H,7H2,1-4H3. The molecular weight excluding hydrogens is 224 g/mol. The lowest BCUT2D eigenvalue weighted by Crippen LogP contribution is -2.03. The lowest BCUT2D eigenvalue weighted by molar-refractivity contribution is 0.532. The van der Waals surface area contributed by atoms with Crippen LogP contribution in [-0.2, 0) is 6.54 Å². The van der Waals surface area contributed by atoms with Gasteiger partial charge in [-0.3, -0.25) is 9.67 Å². The third kappa shape index (κ3) is 2.88. The van der Waals surface area contributed by atoms with E-state index in [1.54, 1.807) is 0 Å². The molecule has 0 atom stereocenters. The molecular formula is C14H20N4. The highest BCUT2D eigenvalue weighted by Crippen LogP contribution is 2.14. The van der Waals surface area contributed by atoms with E-state index in [0.29, 0.717) is 6.04 Å². The van der Waals surface area contributed by atoms with Gasteiger partial charge in [0.2, 0.25) is 0 Å². The smallest absolute Gasteiger partial charge is 0.0606 e. The molecule has 0 aromatic carbocycles. The van der Waals surface area contributed by atoms with Crippen molar-refractivity contribution in [1.29, 1.82) is 0 Å². The number of nitrogens with one attached hydrogen (secondary N) is 1. The Bertz CT molecular complexity index is 528. The first-order valence-electron chi connectivity index (χ1n) is 6.27. The van der Waals surface area contributed by atoms with E-state index in [1.165, 1.54) is 5.56 Å². The fourth-order valence-electron chi connectivity index (χ4n) is 1.82. The summed E-state index contributed by atoms with van der Waals surface area (Å²) in [6.07, 6.45) is 3.98. The second-order valence-electron chi connectivity index (χ2n) is 4.86. The molecule has 0 aliphatic rings. The highest BCUT2D eigenvalue weighted by molar-refractivity contribution is 5.47. The molecule has 2 aromatic rings. The van der Waals surface area contributed by atoms with Crippen molar-refractivity contribution in [3.05, 3.63) is 41.5 Å². The van der Waals surface area contributed by atoms with Gasteiger partial charge in [0.25, 0.3) is 0 Å². The van der Waals surface area contributed by atoms with Crippen LogP contribution >= 0.6 is 0 Å². The minimum absolute atomic E-state index is 0.404. The van der Waals surface area contributed by atoms with Crippen molar-refractivity contribution in [2.45, 2.75) is 40.3 Å². The summed E-state index contributed by atoms with van der Waals surface area (Å²) in [5.74, 6) is 0. The van der Waals surface area contributed by atoms with E-state index in [9.17, 15) is 0 Å². The van der Waals surface area contributed by atoms with Crippen LogP contribution in [0.3, 0.4) is 0 Å². The molecule has 2 heterocycles. The summed E-state index contributed by atoms with van der Waals surface area (Å²) in [5, 5.41) is 7.72. The highest BCUT2D eigenvalue weighted by Gasteiger charge is 2.03. The fourth-order valence-corrected chi connectivity index (χ4v) is 1.82. The largest absolute Gasteiger partial charge is 0.379 e. The van der Waals surface area contributed by atoms with Crippen molar-refractivity contribution in [3.63, 3.8) is 0 Å². The summed E-state index contributed by atoms with van der Waals surface area (Å²) >= 11 is 0. The minimum atomic E-state index is 0.404. The third-order valence-electron chi connectivity index (χ3n) is 2.89. The van der Waals surface area contributed by atoms with Gasteiger partial charge in [0.1, 0.15) is 0 Å². The average Bonchev–Trinajstić information content (AvgIpc) is 2.76. The summed E-state index contributed by atoms with van der Waals surface area (Å²) < 4.78 is 1.97. The summed E-state index contributed by atoms with van der Waals surface area (Å²) in [6.45, 7) is 9.05. The van der Waals surface area contributed by atoms with Crippen molar-refractivity contribution < 1.29 is 0 Å². The van der Waals surface area contributed by atoms with Crippen molar-refractivity contribution in [2.24, 2.45) is 0 Å². The second-order valence-corrected chi connectivity index (χ2v) is 4.86. The van der Waals surface area contributed by atoms with E-state index in [-0.39, 0.29) is 0 Å². The Morgan fingerprint density at radius 3 is 2.67 bits per heavy atom. The Hall–Kier alpha value is -1.84. The Morgan fingerprint density at radius 2 is 2.06 bits per heavy atom. The molecule has 2 aromatic heterocycles. The molecule has 1 N–H and O–H groups in total. The zero-order chi connectivity index (χ0) is 13.1. The van der Waals surface area contributed by atoms with E-state index in [0.717, 1.165) is 23.6 Å². The molecule has 96 valence electrons. The van der Waals surface area contributed by atoms with Gasteiger partial charge in [-0.1, -0.05) is 0 Å². The van der Waals surface area contributed by atoms with Gasteiger partial charge >= 0.3 is 0 Å². The first-order chi connectivity index (χ1) is 8.56. The minimum Gasteiger partial charge on any atom is -0.379 e. The monoisotopic (exact) mass is 244 g/mol. The molecule has 0 aliphatic carbocycles. The predicted molar refractivity (Wildman–Crippen MR) is 73.6 cm³/mol. The van der Waals surface area contributed by atoms with Crippen molar-refractivity contribution >= 4 is 5.69 Å². The molecule has 0 unspecified atom stereocenters. The van der Waals surface area contributed by atoms with Crippen LogP contribution in [0.2, 0.25) is 0 Å². The predicted octanol–water partition coefficient (Wildman–Crippen LogP) is 3.09. The normalized spacial score (nSPS) is 10.9. The van der Waals surface area contributed by atoms with Gasteiger partial charge in [0, 0.05) is 30.0 Å². The number of hydrogen-bond acceptors (Lipinski definition) is 3. The quantitative estimate of drug-likeness (QED) is 0.898. The van der Waals surface area contributed by atoms with Gasteiger partial charge in [-0.05, 0) is 39.8 Å². The van der Waals surface area contributed by atoms with Crippen LogP contribution in [0.15, 0.2) is 24.5 Å². The zero-order valence-electron chi connectivity index (χ0n) is 11.4. The Labute approximate surface area is 108 Å². The summed E-state index contributed by atoms with van der Waals surface area (Å²) in [6, 6.07) is 4.50. The fraction of sp³-hybridized carbons (Fsp3) is 0.429. The lowest BCUT2D eigenvalue weighted by Gasteiger charge is -2.08. The maximum Gasteiger partial charge on any atom is 0.0606 e. The Morgan fingerprint density at radius 1 is 1.28 bits per heavy atom. The number of aryl methyl sites for hydroxylation is 2. The van der Waals surface area contributed by atoms with Gasteiger partial charge in [-0.25, -0.2) is 0 Å².